The van der Waals surface area contributed by atoms with Gasteiger partial charge in [-0.25, -0.2) is 4.79 Å². The minimum absolute atomic E-state index is 0.00498. The Morgan fingerprint density at radius 3 is 2.69 bits per heavy atom. The topological polar surface area (TPSA) is 71.4 Å². The number of rotatable bonds is 1. The Labute approximate surface area is 95.0 Å². The summed E-state index contributed by atoms with van der Waals surface area (Å²) in [6.07, 6.45) is 0. The molecule has 1 N–H and O–H groups in total. The molecule has 1 rings (SSSR count). The summed E-state index contributed by atoms with van der Waals surface area (Å²) < 4.78 is 10.3. The molecule has 88 valence electrons. The van der Waals surface area contributed by atoms with Crippen LogP contribution < -0.4 is 5.32 Å². The lowest BCUT2D eigenvalue weighted by Gasteiger charge is -2.22. The van der Waals surface area contributed by atoms with Gasteiger partial charge in [-0.1, -0.05) is 0 Å². The van der Waals surface area contributed by atoms with Crippen LogP contribution in [0.3, 0.4) is 0 Å². The summed E-state index contributed by atoms with van der Waals surface area (Å²) >= 11 is 0. The first-order valence-corrected chi connectivity index (χ1v) is 5.12. The zero-order chi connectivity index (χ0) is 12.2. The summed E-state index contributed by atoms with van der Waals surface area (Å²) in [7, 11) is 0. The molecule has 1 heterocycles. The van der Waals surface area contributed by atoms with E-state index in [1.54, 1.807) is 20.8 Å². The molecular formula is C11H16N2O3. The van der Waals surface area contributed by atoms with Crippen molar-refractivity contribution in [1.29, 1.82) is 5.26 Å². The molecule has 1 aliphatic heterocycles. The van der Waals surface area contributed by atoms with Crippen LogP contribution >= 0.6 is 0 Å². The molecule has 0 aliphatic carbocycles. The van der Waals surface area contributed by atoms with Gasteiger partial charge in [0.05, 0.1) is 18.9 Å². The maximum absolute atomic E-state index is 11.7. The van der Waals surface area contributed by atoms with Crippen molar-refractivity contribution in [3.8, 4) is 6.07 Å². The average Bonchev–Trinajstić information content (AvgIpc) is 2.17. The van der Waals surface area contributed by atoms with Crippen molar-refractivity contribution >= 4 is 5.97 Å². The van der Waals surface area contributed by atoms with Crippen molar-refractivity contribution in [2.75, 3.05) is 19.8 Å². The van der Waals surface area contributed by atoms with E-state index in [1.807, 2.05) is 6.07 Å². The Morgan fingerprint density at radius 2 is 2.25 bits per heavy atom. The second-order valence-corrected chi connectivity index (χ2v) is 4.45. The molecule has 0 radical (unpaired) electrons. The van der Waals surface area contributed by atoms with E-state index in [1.165, 1.54) is 0 Å². The molecule has 5 nitrogen and oxygen atoms in total. The molecule has 0 aromatic heterocycles. The van der Waals surface area contributed by atoms with E-state index >= 15 is 0 Å². The van der Waals surface area contributed by atoms with Crippen molar-refractivity contribution in [1.82, 2.24) is 5.32 Å². The fraction of sp³-hybridized carbons (Fsp3) is 0.636. The number of ether oxygens (including phenoxy) is 2. The lowest BCUT2D eigenvalue weighted by Crippen LogP contribution is -2.33. The van der Waals surface area contributed by atoms with Gasteiger partial charge >= 0.3 is 5.97 Å². The number of nitrogens with one attached hydrogen (secondary N) is 1. The van der Waals surface area contributed by atoms with Crippen LogP contribution in [0.15, 0.2) is 11.3 Å². The molecule has 0 aromatic carbocycles. The van der Waals surface area contributed by atoms with Crippen molar-refractivity contribution in [3.63, 3.8) is 0 Å². The van der Waals surface area contributed by atoms with Gasteiger partial charge < -0.3 is 14.8 Å². The first-order valence-electron chi connectivity index (χ1n) is 5.12. The van der Waals surface area contributed by atoms with E-state index in [-0.39, 0.29) is 12.2 Å². The van der Waals surface area contributed by atoms with Crippen molar-refractivity contribution in [2.24, 2.45) is 0 Å². The molecular weight excluding hydrogens is 208 g/mol. The van der Waals surface area contributed by atoms with E-state index < -0.39 is 11.6 Å². The van der Waals surface area contributed by atoms with Crippen LogP contribution in [0.1, 0.15) is 20.8 Å². The minimum Gasteiger partial charge on any atom is -0.456 e. The lowest BCUT2D eigenvalue weighted by molar-refractivity contribution is -0.149. The SMILES string of the molecule is CC(C)(C)OC(=O)/C(C#N)=C1/COCCN1. The van der Waals surface area contributed by atoms with Gasteiger partial charge in [0.25, 0.3) is 0 Å². The van der Waals surface area contributed by atoms with Crippen LogP contribution in [0.25, 0.3) is 0 Å². The summed E-state index contributed by atoms with van der Waals surface area (Å²) in [4.78, 5) is 11.7. The fourth-order valence-electron chi connectivity index (χ4n) is 1.23. The Hall–Kier alpha value is -1.54. The van der Waals surface area contributed by atoms with Gasteiger partial charge in [0, 0.05) is 6.54 Å². The third kappa shape index (κ3) is 3.55. The summed E-state index contributed by atoms with van der Waals surface area (Å²) in [6, 6.07) is 1.86. The van der Waals surface area contributed by atoms with Crippen LogP contribution in [-0.2, 0) is 14.3 Å². The molecule has 1 fully saturated rings. The number of carbonyl (C=O) groups is 1. The highest BCUT2D eigenvalue weighted by molar-refractivity contribution is 5.93. The summed E-state index contributed by atoms with van der Waals surface area (Å²) in [5.41, 5.74) is -0.104. The zero-order valence-electron chi connectivity index (χ0n) is 9.79. The van der Waals surface area contributed by atoms with E-state index in [0.29, 0.717) is 18.8 Å². The maximum Gasteiger partial charge on any atom is 0.351 e. The number of morpholine rings is 1. The van der Waals surface area contributed by atoms with E-state index in [0.717, 1.165) is 0 Å². The Morgan fingerprint density at radius 1 is 1.56 bits per heavy atom. The van der Waals surface area contributed by atoms with E-state index in [4.69, 9.17) is 14.7 Å². The molecule has 1 aliphatic rings. The summed E-state index contributed by atoms with van der Waals surface area (Å²) in [5, 5.41) is 11.9. The first-order chi connectivity index (χ1) is 7.44. The average molecular weight is 224 g/mol. The van der Waals surface area contributed by atoms with E-state index in [9.17, 15) is 4.79 Å². The highest BCUT2D eigenvalue weighted by Crippen LogP contribution is 2.13. The quantitative estimate of drug-likeness (QED) is 0.404. The molecule has 0 bridgehead atoms. The molecule has 0 aromatic rings. The summed E-state index contributed by atoms with van der Waals surface area (Å²) in [6.45, 7) is 6.71. The summed E-state index contributed by atoms with van der Waals surface area (Å²) in [5.74, 6) is -0.608. The van der Waals surface area contributed by atoms with Crippen LogP contribution in [0, 0.1) is 11.3 Å². The number of carbonyl (C=O) groups excluding carboxylic acids is 1. The molecule has 0 unspecified atom stereocenters. The van der Waals surface area contributed by atoms with Crippen LogP contribution in [0.2, 0.25) is 0 Å². The van der Waals surface area contributed by atoms with Gasteiger partial charge in [0.15, 0.2) is 5.57 Å². The third-order valence-corrected chi connectivity index (χ3v) is 1.85. The molecule has 0 spiro atoms. The fourth-order valence-corrected chi connectivity index (χ4v) is 1.23. The highest BCUT2D eigenvalue weighted by atomic mass is 16.6. The minimum atomic E-state index is -0.608. The smallest absolute Gasteiger partial charge is 0.351 e. The lowest BCUT2D eigenvalue weighted by atomic mass is 10.1. The van der Waals surface area contributed by atoms with Crippen LogP contribution in [0.4, 0.5) is 0 Å². The van der Waals surface area contributed by atoms with Crippen LogP contribution in [0.5, 0.6) is 0 Å². The van der Waals surface area contributed by atoms with Crippen LogP contribution in [-0.4, -0.2) is 31.3 Å². The Balaban J connectivity index is 2.82. The second-order valence-electron chi connectivity index (χ2n) is 4.45. The molecule has 0 saturated carbocycles. The number of esters is 1. The van der Waals surface area contributed by atoms with Gasteiger partial charge in [0.1, 0.15) is 11.7 Å². The maximum atomic E-state index is 11.7. The Bertz CT molecular complexity index is 339. The Kier molecular flexibility index (Phi) is 3.91. The van der Waals surface area contributed by atoms with Gasteiger partial charge in [0.2, 0.25) is 0 Å². The zero-order valence-corrected chi connectivity index (χ0v) is 9.79. The predicted molar refractivity (Wildman–Crippen MR) is 57.3 cm³/mol. The number of hydrogen-bond donors (Lipinski definition) is 1. The second kappa shape index (κ2) is 4.99. The molecule has 0 atom stereocenters. The largest absolute Gasteiger partial charge is 0.456 e. The normalized spacial score (nSPS) is 19.4. The molecule has 0 amide bonds. The van der Waals surface area contributed by atoms with Gasteiger partial charge in [-0.05, 0) is 20.8 Å². The molecule has 1 saturated heterocycles. The number of hydrogen-bond acceptors (Lipinski definition) is 5. The van der Waals surface area contributed by atoms with Gasteiger partial charge in [-0.3, -0.25) is 0 Å². The van der Waals surface area contributed by atoms with Gasteiger partial charge in [-0.2, -0.15) is 5.26 Å². The molecule has 5 heteroatoms. The van der Waals surface area contributed by atoms with Gasteiger partial charge in [-0.15, -0.1) is 0 Å². The highest BCUT2D eigenvalue weighted by Gasteiger charge is 2.23. The molecule has 16 heavy (non-hydrogen) atoms. The van der Waals surface area contributed by atoms with Crippen molar-refractivity contribution in [2.45, 2.75) is 26.4 Å². The predicted octanol–water partition coefficient (Wildman–Crippen LogP) is 0.726. The van der Waals surface area contributed by atoms with Crippen molar-refractivity contribution in [3.05, 3.63) is 11.3 Å². The number of nitrogens with zero attached hydrogens (tertiary/aromatic N) is 1. The van der Waals surface area contributed by atoms with Crippen molar-refractivity contribution < 1.29 is 14.3 Å². The third-order valence-electron chi connectivity index (χ3n) is 1.85. The number of nitriles is 1. The standard InChI is InChI=1S/C11H16N2O3/c1-11(2,3)16-10(14)8(6-12)9-7-15-5-4-13-9/h13H,4-5,7H2,1-3H3/b9-8-. The monoisotopic (exact) mass is 224 g/mol. The van der Waals surface area contributed by atoms with E-state index in [2.05, 4.69) is 5.32 Å². The first kappa shape index (κ1) is 12.5.